The Morgan fingerprint density at radius 1 is 1.27 bits per heavy atom. The summed E-state index contributed by atoms with van der Waals surface area (Å²) in [6, 6.07) is 12.1. The van der Waals surface area contributed by atoms with Crippen molar-refractivity contribution in [2.75, 3.05) is 18.0 Å². The summed E-state index contributed by atoms with van der Waals surface area (Å²) in [7, 11) is 1.78. The van der Waals surface area contributed by atoms with Gasteiger partial charge in [0.1, 0.15) is 11.5 Å². The summed E-state index contributed by atoms with van der Waals surface area (Å²) < 4.78 is 2.62. The lowest BCUT2D eigenvalue weighted by Crippen LogP contribution is -2.48. The molecule has 7 heteroatoms. The Hall–Kier alpha value is -2.41. The molecule has 2 aromatic heterocycles. The minimum atomic E-state index is -0.0766. The van der Waals surface area contributed by atoms with Crippen LogP contribution in [-0.4, -0.2) is 39.8 Å². The van der Waals surface area contributed by atoms with Crippen molar-refractivity contribution in [3.63, 3.8) is 0 Å². The predicted octanol–water partition coefficient (Wildman–Crippen LogP) is 3.13. The van der Waals surface area contributed by atoms with Crippen molar-refractivity contribution in [3.8, 4) is 0 Å². The molecule has 1 aromatic carbocycles. The van der Waals surface area contributed by atoms with Crippen LogP contribution in [0.3, 0.4) is 0 Å². The minimum Gasteiger partial charge on any atom is -0.355 e. The number of halogens is 1. The van der Waals surface area contributed by atoms with Crippen molar-refractivity contribution in [1.29, 1.82) is 0 Å². The van der Waals surface area contributed by atoms with Gasteiger partial charge in [0.05, 0.1) is 5.52 Å². The lowest BCUT2D eigenvalue weighted by atomic mass is 10.1. The van der Waals surface area contributed by atoms with Crippen LogP contribution in [0.2, 0.25) is 0 Å². The van der Waals surface area contributed by atoms with Gasteiger partial charge in [-0.15, -0.1) is 0 Å². The number of aryl methyl sites for hydroxylation is 1. The van der Waals surface area contributed by atoms with Crippen LogP contribution in [0.1, 0.15) is 23.3 Å². The SMILES string of the molecule is Cn1nccc1C(=O)NC1CCCN(c2ccc3ccc(Br)cc3n2)C1. The van der Waals surface area contributed by atoms with Crippen molar-refractivity contribution >= 4 is 38.6 Å². The number of nitrogens with one attached hydrogen (secondary N) is 1. The van der Waals surface area contributed by atoms with Crippen molar-refractivity contribution in [1.82, 2.24) is 20.1 Å². The Morgan fingerprint density at radius 2 is 2.12 bits per heavy atom. The molecule has 134 valence electrons. The van der Waals surface area contributed by atoms with Gasteiger partial charge >= 0.3 is 0 Å². The molecule has 4 rings (SSSR count). The van der Waals surface area contributed by atoms with Crippen LogP contribution in [0.15, 0.2) is 47.1 Å². The van der Waals surface area contributed by atoms with E-state index in [9.17, 15) is 4.79 Å². The number of anilines is 1. The summed E-state index contributed by atoms with van der Waals surface area (Å²) in [6.45, 7) is 1.71. The van der Waals surface area contributed by atoms with Crippen molar-refractivity contribution in [2.24, 2.45) is 7.05 Å². The highest BCUT2D eigenvalue weighted by molar-refractivity contribution is 9.10. The normalized spacial score (nSPS) is 17.5. The van der Waals surface area contributed by atoms with Gasteiger partial charge in [-0.1, -0.05) is 22.0 Å². The second kappa shape index (κ2) is 7.07. The number of rotatable bonds is 3. The minimum absolute atomic E-state index is 0.0766. The summed E-state index contributed by atoms with van der Waals surface area (Å²) in [5.41, 5.74) is 1.55. The summed E-state index contributed by atoms with van der Waals surface area (Å²) >= 11 is 3.51. The van der Waals surface area contributed by atoms with E-state index in [1.165, 1.54) is 0 Å². The fraction of sp³-hybridized carbons (Fsp3) is 0.316. The Bertz CT molecular complexity index is 954. The standard InChI is InChI=1S/C19H20BrN5O/c1-24-17(8-9-21-24)19(26)22-15-3-2-10-25(12-15)18-7-5-13-4-6-14(20)11-16(13)23-18/h4-9,11,15H,2-3,10,12H2,1H3,(H,22,26). The number of pyridine rings is 1. The molecule has 1 aliphatic heterocycles. The molecule has 3 aromatic rings. The van der Waals surface area contributed by atoms with Crippen LogP contribution < -0.4 is 10.2 Å². The molecule has 0 saturated carbocycles. The Kier molecular flexibility index (Phi) is 4.63. The summed E-state index contributed by atoms with van der Waals surface area (Å²) in [5.74, 6) is 0.877. The number of benzene rings is 1. The first-order valence-electron chi connectivity index (χ1n) is 8.70. The van der Waals surface area contributed by atoms with Crippen molar-refractivity contribution < 1.29 is 4.79 Å². The van der Waals surface area contributed by atoms with Gasteiger partial charge in [-0.25, -0.2) is 4.98 Å². The molecule has 1 fully saturated rings. The first kappa shape index (κ1) is 17.0. The molecular formula is C19H20BrN5O. The van der Waals surface area contributed by atoms with Crippen molar-refractivity contribution in [2.45, 2.75) is 18.9 Å². The molecule has 1 saturated heterocycles. The van der Waals surface area contributed by atoms with Crippen LogP contribution in [0, 0.1) is 0 Å². The molecule has 3 heterocycles. The first-order chi connectivity index (χ1) is 12.6. The molecule has 1 amide bonds. The smallest absolute Gasteiger partial charge is 0.269 e. The second-order valence-electron chi connectivity index (χ2n) is 6.61. The van der Waals surface area contributed by atoms with Crippen LogP contribution in [0.25, 0.3) is 10.9 Å². The zero-order valence-electron chi connectivity index (χ0n) is 14.5. The Morgan fingerprint density at radius 3 is 2.92 bits per heavy atom. The van der Waals surface area contributed by atoms with Gasteiger partial charge in [0.25, 0.3) is 5.91 Å². The maximum atomic E-state index is 12.4. The maximum absolute atomic E-state index is 12.4. The molecule has 0 aliphatic carbocycles. The molecule has 0 bridgehead atoms. The van der Waals surface area contributed by atoms with E-state index in [4.69, 9.17) is 4.98 Å². The van der Waals surface area contributed by atoms with E-state index < -0.39 is 0 Å². The van der Waals surface area contributed by atoms with Crippen LogP contribution in [0.5, 0.6) is 0 Å². The molecule has 1 aliphatic rings. The van der Waals surface area contributed by atoms with E-state index in [2.05, 4.69) is 49.4 Å². The maximum Gasteiger partial charge on any atom is 0.269 e. The fourth-order valence-corrected chi connectivity index (χ4v) is 3.76. The van der Waals surface area contributed by atoms with Crippen LogP contribution in [-0.2, 0) is 7.05 Å². The number of nitrogens with zero attached hydrogens (tertiary/aromatic N) is 4. The summed E-state index contributed by atoms with van der Waals surface area (Å²) in [6.07, 6.45) is 3.63. The number of carbonyl (C=O) groups excluding carboxylic acids is 1. The van der Waals surface area contributed by atoms with Gasteiger partial charge in [-0.05, 0) is 43.2 Å². The third-order valence-corrected chi connectivity index (χ3v) is 5.27. The van der Waals surface area contributed by atoms with Crippen LogP contribution in [0.4, 0.5) is 5.82 Å². The lowest BCUT2D eigenvalue weighted by Gasteiger charge is -2.34. The van der Waals surface area contributed by atoms with E-state index in [0.29, 0.717) is 5.69 Å². The van der Waals surface area contributed by atoms with Crippen molar-refractivity contribution in [3.05, 3.63) is 52.8 Å². The zero-order valence-corrected chi connectivity index (χ0v) is 16.1. The van der Waals surface area contributed by atoms with Gasteiger partial charge in [0.2, 0.25) is 0 Å². The third kappa shape index (κ3) is 3.44. The molecule has 6 nitrogen and oxygen atoms in total. The fourth-order valence-electron chi connectivity index (χ4n) is 3.41. The highest BCUT2D eigenvalue weighted by Gasteiger charge is 2.23. The van der Waals surface area contributed by atoms with E-state index >= 15 is 0 Å². The van der Waals surface area contributed by atoms with Crippen LogP contribution >= 0.6 is 15.9 Å². The van der Waals surface area contributed by atoms with Gasteiger partial charge in [0.15, 0.2) is 0 Å². The van der Waals surface area contributed by atoms with Gasteiger partial charge in [-0.3, -0.25) is 9.48 Å². The number of fused-ring (bicyclic) bond motifs is 1. The van der Waals surface area contributed by atoms with E-state index in [1.54, 1.807) is 24.0 Å². The molecule has 1 N–H and O–H groups in total. The predicted molar refractivity (Wildman–Crippen MR) is 105 cm³/mol. The Balaban J connectivity index is 1.50. The number of hydrogen-bond acceptors (Lipinski definition) is 4. The molecule has 26 heavy (non-hydrogen) atoms. The van der Waals surface area contributed by atoms with Gasteiger partial charge < -0.3 is 10.2 Å². The average molecular weight is 414 g/mol. The molecule has 0 spiro atoms. The monoisotopic (exact) mass is 413 g/mol. The second-order valence-corrected chi connectivity index (χ2v) is 7.52. The summed E-state index contributed by atoms with van der Waals surface area (Å²) in [4.78, 5) is 19.5. The molecule has 1 atom stereocenters. The molecule has 0 radical (unpaired) electrons. The quantitative estimate of drug-likeness (QED) is 0.716. The van der Waals surface area contributed by atoms with E-state index in [-0.39, 0.29) is 11.9 Å². The Labute approximate surface area is 160 Å². The number of aromatic nitrogens is 3. The first-order valence-corrected chi connectivity index (χ1v) is 9.49. The largest absolute Gasteiger partial charge is 0.355 e. The van der Waals surface area contributed by atoms with Gasteiger partial charge in [0, 0.05) is 42.2 Å². The number of amides is 1. The molecular weight excluding hydrogens is 394 g/mol. The highest BCUT2D eigenvalue weighted by atomic mass is 79.9. The lowest BCUT2D eigenvalue weighted by molar-refractivity contribution is 0.0923. The summed E-state index contributed by atoms with van der Waals surface area (Å²) in [5, 5.41) is 8.31. The topological polar surface area (TPSA) is 63.1 Å². The number of carbonyl (C=O) groups is 1. The highest BCUT2D eigenvalue weighted by Crippen LogP contribution is 2.24. The third-order valence-electron chi connectivity index (χ3n) is 4.77. The van der Waals surface area contributed by atoms with Gasteiger partial charge in [-0.2, -0.15) is 5.10 Å². The van der Waals surface area contributed by atoms with E-state index in [0.717, 1.165) is 47.1 Å². The average Bonchev–Trinajstić information content (AvgIpc) is 3.07. The number of hydrogen-bond donors (Lipinski definition) is 1. The number of piperidine rings is 1. The zero-order chi connectivity index (χ0) is 18.1. The molecule has 1 unspecified atom stereocenters. The van der Waals surface area contributed by atoms with E-state index in [1.807, 2.05) is 12.1 Å².